The van der Waals surface area contributed by atoms with Crippen molar-refractivity contribution in [3.8, 4) is 0 Å². The zero-order chi connectivity index (χ0) is 17.6. The fourth-order valence-corrected chi connectivity index (χ4v) is 2.70. The van der Waals surface area contributed by atoms with Crippen molar-refractivity contribution in [1.29, 1.82) is 0 Å². The highest BCUT2D eigenvalue weighted by Crippen LogP contribution is 2.20. The molecule has 2 rings (SSSR count). The Morgan fingerprint density at radius 3 is 2.71 bits per heavy atom. The zero-order valence-corrected chi connectivity index (χ0v) is 13.6. The van der Waals surface area contributed by atoms with Crippen LogP contribution in [0.4, 0.5) is 10.1 Å². The summed E-state index contributed by atoms with van der Waals surface area (Å²) in [5.41, 5.74) is 0.653. The molecule has 0 fully saturated rings. The van der Waals surface area contributed by atoms with E-state index in [2.05, 4.69) is 10.5 Å². The number of oxime groups is 1. The number of hydrogen-bond donors (Lipinski definition) is 1. The Labute approximate surface area is 138 Å². The number of carbonyl (C=O) groups is 1. The first-order valence-corrected chi connectivity index (χ1v) is 8.75. The molecule has 0 aromatic heterocycles. The molecule has 0 radical (unpaired) electrons. The van der Waals surface area contributed by atoms with E-state index in [9.17, 15) is 17.6 Å². The van der Waals surface area contributed by atoms with Crippen LogP contribution in [0.2, 0.25) is 0 Å². The van der Waals surface area contributed by atoms with E-state index < -0.39 is 28.2 Å². The summed E-state index contributed by atoms with van der Waals surface area (Å²) in [6.07, 6.45) is 2.32. The Bertz CT molecular complexity index is 866. The molecule has 0 saturated carbocycles. The van der Waals surface area contributed by atoms with E-state index in [1.54, 1.807) is 18.2 Å². The number of para-hydroxylation sites is 1. The number of benzene rings is 2. The lowest BCUT2D eigenvalue weighted by atomic mass is 10.2. The molecule has 0 spiro atoms. The van der Waals surface area contributed by atoms with Gasteiger partial charge in [0.15, 0.2) is 16.4 Å². The van der Waals surface area contributed by atoms with Crippen LogP contribution in [-0.2, 0) is 19.5 Å². The molecule has 2 aromatic carbocycles. The monoisotopic (exact) mass is 350 g/mol. The van der Waals surface area contributed by atoms with Crippen LogP contribution in [-0.4, -0.2) is 33.4 Å². The molecule has 0 aliphatic heterocycles. The van der Waals surface area contributed by atoms with Gasteiger partial charge in [-0.05, 0) is 29.8 Å². The van der Waals surface area contributed by atoms with Gasteiger partial charge in [-0.2, -0.15) is 0 Å². The quantitative estimate of drug-likeness (QED) is 0.639. The van der Waals surface area contributed by atoms with Crippen LogP contribution in [0.25, 0.3) is 0 Å². The molecule has 6 nitrogen and oxygen atoms in total. The van der Waals surface area contributed by atoms with Gasteiger partial charge in [-0.3, -0.25) is 4.79 Å². The second kappa shape index (κ2) is 7.69. The minimum atomic E-state index is -3.47. The van der Waals surface area contributed by atoms with Crippen molar-refractivity contribution in [3.05, 3.63) is 59.9 Å². The van der Waals surface area contributed by atoms with Crippen molar-refractivity contribution in [2.75, 3.05) is 18.2 Å². The Morgan fingerprint density at radius 2 is 2.00 bits per heavy atom. The highest BCUT2D eigenvalue weighted by atomic mass is 32.2. The minimum absolute atomic E-state index is 0.0154. The Balaban J connectivity index is 1.93. The molecular weight excluding hydrogens is 335 g/mol. The normalized spacial score (nSPS) is 11.4. The van der Waals surface area contributed by atoms with Crippen molar-refractivity contribution < 1.29 is 22.4 Å². The van der Waals surface area contributed by atoms with Gasteiger partial charge in [0.1, 0.15) is 5.82 Å². The number of nitrogens with zero attached hydrogens (tertiary/aromatic N) is 1. The second-order valence-corrected chi connectivity index (χ2v) is 6.86. The van der Waals surface area contributed by atoms with Gasteiger partial charge in [-0.25, -0.2) is 12.8 Å². The van der Waals surface area contributed by atoms with Crippen molar-refractivity contribution in [2.45, 2.75) is 4.90 Å². The van der Waals surface area contributed by atoms with E-state index in [0.717, 1.165) is 6.26 Å². The summed E-state index contributed by atoms with van der Waals surface area (Å²) < 4.78 is 36.3. The largest absolute Gasteiger partial charge is 0.386 e. The molecule has 0 unspecified atom stereocenters. The maximum absolute atomic E-state index is 13.0. The Hall–Kier alpha value is -2.74. The van der Waals surface area contributed by atoms with Gasteiger partial charge in [0, 0.05) is 6.26 Å². The molecule has 1 N–H and O–H groups in total. The maximum atomic E-state index is 13.0. The lowest BCUT2D eigenvalue weighted by molar-refractivity contribution is -0.120. The molecule has 24 heavy (non-hydrogen) atoms. The van der Waals surface area contributed by atoms with E-state index in [0.29, 0.717) is 5.56 Å². The topological polar surface area (TPSA) is 84.8 Å². The van der Waals surface area contributed by atoms with Crippen LogP contribution in [0.1, 0.15) is 5.56 Å². The van der Waals surface area contributed by atoms with Crippen molar-refractivity contribution in [2.24, 2.45) is 5.16 Å². The third-order valence-corrected chi connectivity index (χ3v) is 4.04. The molecule has 0 saturated heterocycles. The average molecular weight is 350 g/mol. The first-order chi connectivity index (χ1) is 11.4. The second-order valence-electron chi connectivity index (χ2n) is 4.88. The van der Waals surface area contributed by atoms with Crippen LogP contribution in [0.15, 0.2) is 58.6 Å². The smallest absolute Gasteiger partial charge is 0.265 e. The van der Waals surface area contributed by atoms with Crippen LogP contribution < -0.4 is 5.32 Å². The molecule has 0 aliphatic carbocycles. The molecule has 0 atom stereocenters. The average Bonchev–Trinajstić information content (AvgIpc) is 2.51. The lowest BCUT2D eigenvalue weighted by Gasteiger charge is -2.08. The van der Waals surface area contributed by atoms with Crippen LogP contribution in [0.5, 0.6) is 0 Å². The molecule has 0 heterocycles. The number of carbonyl (C=O) groups excluding carboxylic acids is 1. The summed E-state index contributed by atoms with van der Waals surface area (Å²) in [6.45, 7) is -0.413. The van der Waals surface area contributed by atoms with E-state index in [1.165, 1.54) is 36.5 Å². The third kappa shape index (κ3) is 5.17. The highest BCUT2D eigenvalue weighted by molar-refractivity contribution is 7.90. The number of nitrogens with one attached hydrogen (secondary N) is 1. The van der Waals surface area contributed by atoms with Gasteiger partial charge in [0.05, 0.1) is 16.8 Å². The molecule has 0 aliphatic rings. The number of amides is 1. The van der Waals surface area contributed by atoms with E-state index in [4.69, 9.17) is 4.84 Å². The first-order valence-electron chi connectivity index (χ1n) is 6.86. The number of halogens is 1. The van der Waals surface area contributed by atoms with Crippen molar-refractivity contribution in [1.82, 2.24) is 0 Å². The third-order valence-electron chi connectivity index (χ3n) is 2.88. The minimum Gasteiger partial charge on any atom is -0.386 e. The van der Waals surface area contributed by atoms with E-state index >= 15 is 0 Å². The summed E-state index contributed by atoms with van der Waals surface area (Å²) in [6, 6.07) is 11.7. The summed E-state index contributed by atoms with van der Waals surface area (Å²) in [4.78, 5) is 16.6. The number of hydrogen-bond acceptors (Lipinski definition) is 5. The predicted octanol–water partition coefficient (Wildman–Crippen LogP) is 2.22. The highest BCUT2D eigenvalue weighted by Gasteiger charge is 2.14. The molecule has 126 valence electrons. The van der Waals surface area contributed by atoms with Crippen LogP contribution in [0, 0.1) is 5.82 Å². The van der Waals surface area contributed by atoms with Crippen molar-refractivity contribution in [3.63, 3.8) is 0 Å². The SMILES string of the molecule is CS(=O)(=O)c1ccccc1NC(=O)CO/N=C\c1cccc(F)c1. The van der Waals surface area contributed by atoms with Crippen LogP contribution in [0.3, 0.4) is 0 Å². The maximum Gasteiger partial charge on any atom is 0.265 e. The molecule has 1 amide bonds. The number of sulfone groups is 1. The predicted molar refractivity (Wildman–Crippen MR) is 88.1 cm³/mol. The number of anilines is 1. The van der Waals surface area contributed by atoms with Crippen LogP contribution >= 0.6 is 0 Å². The summed E-state index contributed by atoms with van der Waals surface area (Å²) >= 11 is 0. The van der Waals surface area contributed by atoms with Gasteiger partial charge >= 0.3 is 0 Å². The summed E-state index contributed by atoms with van der Waals surface area (Å²) in [7, 11) is -3.47. The fraction of sp³-hybridized carbons (Fsp3) is 0.125. The van der Waals surface area contributed by atoms with E-state index in [1.807, 2.05) is 0 Å². The summed E-state index contributed by atoms with van der Waals surface area (Å²) in [5, 5.41) is 6.01. The first kappa shape index (κ1) is 17.6. The van der Waals surface area contributed by atoms with Gasteiger partial charge in [-0.15, -0.1) is 0 Å². The van der Waals surface area contributed by atoms with Gasteiger partial charge in [-0.1, -0.05) is 29.4 Å². The number of rotatable bonds is 6. The standard InChI is InChI=1S/C16H15FN2O4S/c1-24(21,22)15-8-3-2-7-14(15)19-16(20)11-23-18-10-12-5-4-6-13(17)9-12/h2-10H,11H2,1H3,(H,19,20)/b18-10-. The van der Waals surface area contributed by atoms with Gasteiger partial charge in [0.25, 0.3) is 5.91 Å². The Kier molecular flexibility index (Phi) is 5.64. The summed E-state index contributed by atoms with van der Waals surface area (Å²) in [5.74, 6) is -0.975. The molecule has 0 bridgehead atoms. The van der Waals surface area contributed by atoms with Gasteiger partial charge in [0.2, 0.25) is 0 Å². The zero-order valence-electron chi connectivity index (χ0n) is 12.8. The molecule has 2 aromatic rings. The molecule has 8 heteroatoms. The fourth-order valence-electron chi connectivity index (χ4n) is 1.86. The Morgan fingerprint density at radius 1 is 1.25 bits per heavy atom. The molecular formula is C16H15FN2O4S. The lowest BCUT2D eigenvalue weighted by Crippen LogP contribution is -2.18. The van der Waals surface area contributed by atoms with Gasteiger partial charge < -0.3 is 10.2 Å². The van der Waals surface area contributed by atoms with E-state index in [-0.39, 0.29) is 10.6 Å². The van der Waals surface area contributed by atoms with Crippen molar-refractivity contribution >= 4 is 27.6 Å².